The second-order valence-corrected chi connectivity index (χ2v) is 5.67. The smallest absolute Gasteiger partial charge is 0.273 e. The van der Waals surface area contributed by atoms with Crippen molar-refractivity contribution in [2.45, 2.75) is 6.92 Å². The van der Waals surface area contributed by atoms with Gasteiger partial charge in [0.25, 0.3) is 5.56 Å². The summed E-state index contributed by atoms with van der Waals surface area (Å²) in [4.78, 5) is 21.3. The van der Waals surface area contributed by atoms with Gasteiger partial charge in [-0.1, -0.05) is 0 Å². The van der Waals surface area contributed by atoms with E-state index in [-0.39, 0.29) is 12.4 Å². The standard InChI is InChI=1S/C17H12N4O4/c1-9-6-18-17(25-9)11-7-19-21-15(22)5-12(20-16(11)21)10-2-3-13-14(4-10)24-8-23-13/h2-7,19H,8H2,1H3. The van der Waals surface area contributed by atoms with Crippen molar-refractivity contribution >= 4 is 5.65 Å². The van der Waals surface area contributed by atoms with E-state index < -0.39 is 0 Å². The minimum absolute atomic E-state index is 0.194. The Balaban J connectivity index is 1.71. The normalized spacial score (nSPS) is 12.8. The number of rotatable bonds is 2. The van der Waals surface area contributed by atoms with Gasteiger partial charge in [-0.05, 0) is 25.1 Å². The number of nitrogens with one attached hydrogen (secondary N) is 1. The van der Waals surface area contributed by atoms with E-state index in [0.29, 0.717) is 40.1 Å². The number of aryl methyl sites for hydroxylation is 1. The fourth-order valence-electron chi connectivity index (χ4n) is 2.82. The maximum Gasteiger partial charge on any atom is 0.273 e. The van der Waals surface area contributed by atoms with Gasteiger partial charge in [0.1, 0.15) is 5.76 Å². The number of H-pyrrole nitrogens is 1. The molecule has 0 atom stereocenters. The number of aromatic amines is 1. The first-order valence-electron chi connectivity index (χ1n) is 7.63. The first kappa shape index (κ1) is 13.8. The Hall–Kier alpha value is -3.55. The zero-order chi connectivity index (χ0) is 17.0. The Morgan fingerprint density at radius 1 is 1.20 bits per heavy atom. The van der Waals surface area contributed by atoms with Gasteiger partial charge in [0.2, 0.25) is 12.7 Å². The number of ether oxygens (including phenoxy) is 2. The van der Waals surface area contributed by atoms with E-state index in [1.54, 1.807) is 18.5 Å². The summed E-state index contributed by atoms with van der Waals surface area (Å²) in [6, 6.07) is 6.91. The van der Waals surface area contributed by atoms with E-state index in [1.807, 2.05) is 19.1 Å². The van der Waals surface area contributed by atoms with Crippen molar-refractivity contribution in [3.05, 3.63) is 52.8 Å². The van der Waals surface area contributed by atoms with Crippen molar-refractivity contribution in [3.63, 3.8) is 0 Å². The molecule has 0 saturated heterocycles. The Morgan fingerprint density at radius 2 is 2.08 bits per heavy atom. The lowest BCUT2D eigenvalue weighted by Gasteiger charge is -2.03. The number of oxazole rings is 1. The van der Waals surface area contributed by atoms with Gasteiger partial charge in [-0.2, -0.15) is 0 Å². The summed E-state index contributed by atoms with van der Waals surface area (Å²) < 4.78 is 17.6. The zero-order valence-electron chi connectivity index (χ0n) is 13.1. The minimum Gasteiger partial charge on any atom is -0.454 e. The van der Waals surface area contributed by atoms with Crippen LogP contribution in [0.25, 0.3) is 28.4 Å². The molecule has 4 heterocycles. The molecule has 0 saturated carbocycles. The molecule has 0 fully saturated rings. The average molecular weight is 336 g/mol. The summed E-state index contributed by atoms with van der Waals surface area (Å²) >= 11 is 0. The topological polar surface area (TPSA) is 94.7 Å². The molecule has 0 bridgehead atoms. The maximum absolute atomic E-state index is 12.4. The molecular formula is C17H12N4O4. The number of benzene rings is 1. The summed E-state index contributed by atoms with van der Waals surface area (Å²) in [6.45, 7) is 2.00. The van der Waals surface area contributed by atoms with Gasteiger partial charge < -0.3 is 13.9 Å². The largest absolute Gasteiger partial charge is 0.454 e. The van der Waals surface area contributed by atoms with Crippen LogP contribution in [0.5, 0.6) is 11.5 Å². The van der Waals surface area contributed by atoms with Crippen molar-refractivity contribution in [2.75, 3.05) is 6.79 Å². The minimum atomic E-state index is -0.229. The van der Waals surface area contributed by atoms with Crippen LogP contribution >= 0.6 is 0 Å². The summed E-state index contributed by atoms with van der Waals surface area (Å²) in [5, 5.41) is 2.88. The molecule has 0 unspecified atom stereocenters. The molecule has 0 aliphatic carbocycles. The number of hydrogen-bond donors (Lipinski definition) is 1. The molecule has 0 radical (unpaired) electrons. The summed E-state index contributed by atoms with van der Waals surface area (Å²) in [7, 11) is 0. The summed E-state index contributed by atoms with van der Waals surface area (Å²) in [6.07, 6.45) is 3.27. The molecule has 1 N–H and O–H groups in total. The number of nitrogens with zero attached hydrogens (tertiary/aromatic N) is 3. The lowest BCUT2D eigenvalue weighted by atomic mass is 10.1. The molecule has 1 aromatic carbocycles. The first-order chi connectivity index (χ1) is 12.2. The van der Waals surface area contributed by atoms with Crippen LogP contribution in [0.15, 0.2) is 45.9 Å². The molecule has 0 amide bonds. The van der Waals surface area contributed by atoms with Crippen molar-refractivity contribution in [3.8, 4) is 34.2 Å². The van der Waals surface area contributed by atoms with Crippen LogP contribution in [0.3, 0.4) is 0 Å². The van der Waals surface area contributed by atoms with Crippen LogP contribution in [-0.2, 0) is 0 Å². The van der Waals surface area contributed by atoms with E-state index in [4.69, 9.17) is 13.9 Å². The SMILES string of the molecule is Cc1cnc(-c2c[nH]n3c(=O)cc(-c4ccc5c(c4)OCO5)nc23)o1. The quantitative estimate of drug-likeness (QED) is 0.604. The molecule has 1 aliphatic rings. The molecule has 5 rings (SSSR count). The first-order valence-corrected chi connectivity index (χ1v) is 7.63. The maximum atomic E-state index is 12.4. The van der Waals surface area contributed by atoms with Crippen LogP contribution in [-0.4, -0.2) is 26.4 Å². The van der Waals surface area contributed by atoms with Crippen LogP contribution in [0, 0.1) is 6.92 Å². The van der Waals surface area contributed by atoms with Crippen LogP contribution in [0.4, 0.5) is 0 Å². The highest BCUT2D eigenvalue weighted by Gasteiger charge is 2.18. The van der Waals surface area contributed by atoms with Crippen LogP contribution < -0.4 is 15.0 Å². The fraction of sp³-hybridized carbons (Fsp3) is 0.118. The van der Waals surface area contributed by atoms with Gasteiger partial charge in [0, 0.05) is 17.8 Å². The lowest BCUT2D eigenvalue weighted by Crippen LogP contribution is -2.14. The third kappa shape index (κ3) is 2.11. The zero-order valence-corrected chi connectivity index (χ0v) is 13.1. The third-order valence-electron chi connectivity index (χ3n) is 4.02. The Labute approximate surface area is 140 Å². The number of hydrogen-bond acceptors (Lipinski definition) is 6. The molecule has 8 nitrogen and oxygen atoms in total. The molecule has 0 spiro atoms. The predicted octanol–water partition coefficient (Wildman–Crippen LogP) is 2.38. The van der Waals surface area contributed by atoms with E-state index in [1.165, 1.54) is 10.6 Å². The summed E-state index contributed by atoms with van der Waals surface area (Å²) in [5.41, 5.74) is 2.13. The van der Waals surface area contributed by atoms with Gasteiger partial charge in [-0.3, -0.25) is 9.89 Å². The molecule has 3 aromatic heterocycles. The Kier molecular flexibility index (Phi) is 2.75. The van der Waals surface area contributed by atoms with E-state index in [2.05, 4.69) is 15.1 Å². The van der Waals surface area contributed by atoms with E-state index >= 15 is 0 Å². The van der Waals surface area contributed by atoms with Gasteiger partial charge in [-0.15, -0.1) is 0 Å². The highest BCUT2D eigenvalue weighted by molar-refractivity contribution is 5.74. The summed E-state index contributed by atoms with van der Waals surface area (Å²) in [5.74, 6) is 2.41. The highest BCUT2D eigenvalue weighted by atomic mass is 16.7. The van der Waals surface area contributed by atoms with Crippen molar-refractivity contribution in [1.82, 2.24) is 19.6 Å². The second kappa shape index (κ2) is 4.97. The lowest BCUT2D eigenvalue weighted by molar-refractivity contribution is 0.174. The molecule has 25 heavy (non-hydrogen) atoms. The number of fused-ring (bicyclic) bond motifs is 2. The number of aromatic nitrogens is 4. The van der Waals surface area contributed by atoms with E-state index in [9.17, 15) is 4.79 Å². The van der Waals surface area contributed by atoms with Gasteiger partial charge in [0.05, 0.1) is 17.5 Å². The van der Waals surface area contributed by atoms with Crippen LogP contribution in [0.2, 0.25) is 0 Å². The van der Waals surface area contributed by atoms with Crippen LogP contribution in [0.1, 0.15) is 5.76 Å². The van der Waals surface area contributed by atoms with Crippen molar-refractivity contribution in [1.29, 1.82) is 0 Å². The molecule has 4 aromatic rings. The van der Waals surface area contributed by atoms with Gasteiger partial charge in [0.15, 0.2) is 17.1 Å². The van der Waals surface area contributed by atoms with Crippen molar-refractivity contribution < 1.29 is 13.9 Å². The molecule has 8 heteroatoms. The van der Waals surface area contributed by atoms with Crippen molar-refractivity contribution in [2.24, 2.45) is 0 Å². The molecular weight excluding hydrogens is 324 g/mol. The second-order valence-electron chi connectivity index (χ2n) is 5.67. The Bertz CT molecular complexity index is 1170. The molecule has 1 aliphatic heterocycles. The van der Waals surface area contributed by atoms with Gasteiger partial charge >= 0.3 is 0 Å². The predicted molar refractivity (Wildman–Crippen MR) is 87.6 cm³/mol. The third-order valence-corrected chi connectivity index (χ3v) is 4.02. The highest BCUT2D eigenvalue weighted by Crippen LogP contribution is 2.35. The Morgan fingerprint density at radius 3 is 2.92 bits per heavy atom. The molecule has 124 valence electrons. The monoisotopic (exact) mass is 336 g/mol. The van der Waals surface area contributed by atoms with E-state index in [0.717, 1.165) is 5.56 Å². The average Bonchev–Trinajstić information content (AvgIpc) is 3.32. The van der Waals surface area contributed by atoms with Gasteiger partial charge in [-0.25, -0.2) is 14.5 Å². The fourth-order valence-corrected chi connectivity index (χ4v) is 2.82.